The molecule has 7 heteroatoms. The van der Waals surface area contributed by atoms with Crippen LogP contribution in [-0.4, -0.2) is 60.6 Å². The third kappa shape index (κ3) is 5.75. The zero-order valence-corrected chi connectivity index (χ0v) is 20.1. The summed E-state index contributed by atoms with van der Waals surface area (Å²) in [4.78, 5) is 6.78. The first-order valence-electron chi connectivity index (χ1n) is 12.3. The van der Waals surface area contributed by atoms with Gasteiger partial charge in [0.15, 0.2) is 5.76 Å². The van der Waals surface area contributed by atoms with Crippen molar-refractivity contribution < 1.29 is 19.3 Å². The number of benzene rings is 2. The minimum Gasteiger partial charge on any atom is -0.497 e. The Labute approximate surface area is 206 Å². The van der Waals surface area contributed by atoms with Crippen molar-refractivity contribution in [2.75, 3.05) is 33.5 Å². The average molecular weight is 476 g/mol. The van der Waals surface area contributed by atoms with Crippen LogP contribution < -0.4 is 10.1 Å². The lowest BCUT2D eigenvalue weighted by molar-refractivity contribution is 0.0696. The molecule has 3 aromatic rings. The SMILES string of the molecule is COc1ccc2nccc([C@@H](O)CN3CCC(NC(Cc4ccccc4)C4=COCO4)CC3)c2c1. The molecular weight excluding hydrogens is 442 g/mol. The average Bonchev–Trinajstić information content (AvgIpc) is 3.44. The topological polar surface area (TPSA) is 76.1 Å². The summed E-state index contributed by atoms with van der Waals surface area (Å²) in [7, 11) is 1.65. The first-order chi connectivity index (χ1) is 17.2. The first-order valence-corrected chi connectivity index (χ1v) is 12.3. The van der Waals surface area contributed by atoms with Crippen molar-refractivity contribution in [2.24, 2.45) is 0 Å². The lowest BCUT2D eigenvalue weighted by Gasteiger charge is -2.35. The van der Waals surface area contributed by atoms with E-state index in [1.54, 1.807) is 19.6 Å². The highest BCUT2D eigenvalue weighted by atomic mass is 16.7. The van der Waals surface area contributed by atoms with Crippen LogP contribution >= 0.6 is 0 Å². The Balaban J connectivity index is 1.19. The molecular formula is C28H33N3O4. The molecule has 2 atom stereocenters. The highest BCUT2D eigenvalue weighted by molar-refractivity contribution is 5.83. The minimum atomic E-state index is -0.586. The van der Waals surface area contributed by atoms with Gasteiger partial charge in [0.1, 0.15) is 12.0 Å². The molecule has 35 heavy (non-hydrogen) atoms. The summed E-state index contributed by atoms with van der Waals surface area (Å²) in [5.74, 6) is 1.63. The van der Waals surface area contributed by atoms with E-state index in [0.29, 0.717) is 12.6 Å². The molecule has 2 N–H and O–H groups in total. The minimum absolute atomic E-state index is 0.0835. The van der Waals surface area contributed by atoms with Crippen LogP contribution in [0, 0.1) is 0 Å². The van der Waals surface area contributed by atoms with Crippen molar-refractivity contribution in [1.29, 1.82) is 0 Å². The van der Waals surface area contributed by atoms with E-state index in [1.165, 1.54) is 5.56 Å². The van der Waals surface area contributed by atoms with Crippen LogP contribution in [-0.2, 0) is 15.9 Å². The number of nitrogens with one attached hydrogen (secondary N) is 1. The molecule has 2 aromatic carbocycles. The van der Waals surface area contributed by atoms with Gasteiger partial charge in [-0.15, -0.1) is 0 Å². The van der Waals surface area contributed by atoms with Gasteiger partial charge in [-0.3, -0.25) is 4.98 Å². The van der Waals surface area contributed by atoms with Crippen molar-refractivity contribution >= 4 is 10.9 Å². The van der Waals surface area contributed by atoms with Gasteiger partial charge in [0.05, 0.1) is 24.8 Å². The van der Waals surface area contributed by atoms with Crippen LogP contribution in [0.3, 0.4) is 0 Å². The van der Waals surface area contributed by atoms with Crippen LogP contribution in [0.4, 0.5) is 0 Å². The molecule has 0 aliphatic carbocycles. The van der Waals surface area contributed by atoms with Crippen LogP contribution in [0.5, 0.6) is 5.75 Å². The number of ether oxygens (including phenoxy) is 3. The van der Waals surface area contributed by atoms with Crippen molar-refractivity contribution in [2.45, 2.75) is 37.5 Å². The Morgan fingerprint density at radius 3 is 2.71 bits per heavy atom. The molecule has 1 unspecified atom stereocenters. The molecule has 0 radical (unpaired) electrons. The number of aliphatic hydroxyl groups excluding tert-OH is 1. The molecule has 0 saturated carbocycles. The molecule has 2 aliphatic heterocycles. The number of rotatable bonds is 9. The molecule has 1 fully saturated rings. The maximum absolute atomic E-state index is 11.1. The zero-order chi connectivity index (χ0) is 24.0. The van der Waals surface area contributed by atoms with E-state index in [0.717, 1.165) is 60.3 Å². The van der Waals surface area contributed by atoms with E-state index in [4.69, 9.17) is 14.2 Å². The summed E-state index contributed by atoms with van der Waals surface area (Å²) in [5.41, 5.74) is 3.02. The Bertz CT molecular complexity index is 1150. The highest BCUT2D eigenvalue weighted by Crippen LogP contribution is 2.28. The molecule has 184 valence electrons. The van der Waals surface area contributed by atoms with E-state index in [-0.39, 0.29) is 12.8 Å². The molecule has 5 rings (SSSR count). The second kappa shape index (κ2) is 11.1. The number of pyridine rings is 1. The van der Waals surface area contributed by atoms with Crippen LogP contribution in [0.1, 0.15) is 30.1 Å². The van der Waals surface area contributed by atoms with E-state index < -0.39 is 6.10 Å². The number of hydrogen-bond donors (Lipinski definition) is 2. The van der Waals surface area contributed by atoms with Gasteiger partial charge in [-0.05, 0) is 67.7 Å². The van der Waals surface area contributed by atoms with E-state index in [9.17, 15) is 5.11 Å². The van der Waals surface area contributed by atoms with Gasteiger partial charge in [-0.2, -0.15) is 0 Å². The predicted molar refractivity (Wildman–Crippen MR) is 135 cm³/mol. The molecule has 2 aliphatic rings. The summed E-state index contributed by atoms with van der Waals surface area (Å²) >= 11 is 0. The van der Waals surface area contributed by atoms with Gasteiger partial charge in [-0.1, -0.05) is 30.3 Å². The fourth-order valence-corrected chi connectivity index (χ4v) is 5.00. The van der Waals surface area contributed by atoms with Gasteiger partial charge < -0.3 is 29.5 Å². The van der Waals surface area contributed by atoms with Crippen LogP contribution in [0.2, 0.25) is 0 Å². The number of β-amino-alcohol motifs (C(OH)–C–C–N with tert-alkyl or cyclic N) is 1. The van der Waals surface area contributed by atoms with Gasteiger partial charge in [0.2, 0.25) is 6.79 Å². The summed E-state index contributed by atoms with van der Waals surface area (Å²) in [6.45, 7) is 2.73. The molecule has 0 bridgehead atoms. The normalized spacial score (nSPS) is 18.5. The standard InChI is InChI=1S/C28H33N3O4/c1-33-22-7-8-25-24(16-22)23(9-12-29-25)27(32)17-31-13-10-21(11-14-31)30-26(28-18-34-19-35-28)15-20-5-3-2-4-6-20/h2-9,12,16,18,21,26-27,30,32H,10-11,13-15,17,19H2,1H3/t26?,27-/m0/s1. The second-order valence-electron chi connectivity index (χ2n) is 9.23. The van der Waals surface area contributed by atoms with Crippen molar-refractivity contribution in [3.05, 3.63) is 83.9 Å². The van der Waals surface area contributed by atoms with Crippen LogP contribution in [0.25, 0.3) is 10.9 Å². The number of hydrogen-bond acceptors (Lipinski definition) is 7. The van der Waals surface area contributed by atoms with Crippen molar-refractivity contribution in [3.8, 4) is 5.75 Å². The zero-order valence-electron chi connectivity index (χ0n) is 20.1. The quantitative estimate of drug-likeness (QED) is 0.488. The lowest BCUT2D eigenvalue weighted by Crippen LogP contribution is -2.48. The van der Waals surface area contributed by atoms with E-state index in [2.05, 4.69) is 39.5 Å². The van der Waals surface area contributed by atoms with Crippen molar-refractivity contribution in [3.63, 3.8) is 0 Å². The number of likely N-dealkylation sites (tertiary alicyclic amines) is 1. The Morgan fingerprint density at radius 1 is 1.14 bits per heavy atom. The number of aliphatic hydroxyl groups is 1. The summed E-state index contributed by atoms with van der Waals surface area (Å²) in [5, 5.41) is 15.8. The number of nitrogens with zero attached hydrogens (tertiary/aromatic N) is 2. The van der Waals surface area contributed by atoms with Gasteiger partial charge in [0.25, 0.3) is 0 Å². The Kier molecular flexibility index (Phi) is 7.47. The van der Waals surface area contributed by atoms with E-state index >= 15 is 0 Å². The number of fused-ring (bicyclic) bond motifs is 1. The maximum atomic E-state index is 11.1. The van der Waals surface area contributed by atoms with Gasteiger partial charge in [-0.25, -0.2) is 0 Å². The number of piperidine rings is 1. The Hall–Kier alpha value is -3.13. The fraction of sp³-hybridized carbons (Fsp3) is 0.393. The number of aromatic nitrogens is 1. The highest BCUT2D eigenvalue weighted by Gasteiger charge is 2.27. The van der Waals surface area contributed by atoms with Crippen molar-refractivity contribution in [1.82, 2.24) is 15.2 Å². The van der Waals surface area contributed by atoms with Gasteiger partial charge in [0, 0.05) is 24.2 Å². The molecule has 1 saturated heterocycles. The Morgan fingerprint density at radius 2 is 1.97 bits per heavy atom. The third-order valence-electron chi connectivity index (χ3n) is 6.92. The molecule has 0 amide bonds. The first kappa shape index (κ1) is 23.6. The molecule has 7 nitrogen and oxygen atoms in total. The third-order valence-corrected chi connectivity index (χ3v) is 6.92. The summed E-state index contributed by atoms with van der Waals surface area (Å²) < 4.78 is 16.4. The predicted octanol–water partition coefficient (Wildman–Crippen LogP) is 3.79. The fourth-order valence-electron chi connectivity index (χ4n) is 5.00. The summed E-state index contributed by atoms with van der Waals surface area (Å²) in [6, 6.07) is 18.6. The smallest absolute Gasteiger partial charge is 0.229 e. The molecule has 0 spiro atoms. The van der Waals surface area contributed by atoms with E-state index in [1.807, 2.05) is 30.3 Å². The van der Waals surface area contributed by atoms with Gasteiger partial charge >= 0.3 is 0 Å². The molecule has 3 heterocycles. The molecule has 1 aromatic heterocycles. The lowest BCUT2D eigenvalue weighted by atomic mass is 9.98. The monoisotopic (exact) mass is 475 g/mol. The van der Waals surface area contributed by atoms with Crippen LogP contribution in [0.15, 0.2) is 72.8 Å². The number of methoxy groups -OCH3 is 1. The maximum Gasteiger partial charge on any atom is 0.229 e. The largest absolute Gasteiger partial charge is 0.497 e. The second-order valence-corrected chi connectivity index (χ2v) is 9.23. The summed E-state index contributed by atoms with van der Waals surface area (Å²) in [6.07, 6.45) is 5.79.